The second-order valence-electron chi connectivity index (χ2n) is 10.4. The highest BCUT2D eigenvalue weighted by atomic mass is 32.1. The minimum atomic E-state index is -0.489. The van der Waals surface area contributed by atoms with Crippen molar-refractivity contribution in [3.05, 3.63) is 94.4 Å². The summed E-state index contributed by atoms with van der Waals surface area (Å²) in [6.07, 6.45) is 3.59. The van der Waals surface area contributed by atoms with Gasteiger partial charge in [-0.15, -0.1) is 11.3 Å². The lowest BCUT2D eigenvalue weighted by Crippen LogP contribution is -2.15. The number of aryl methyl sites for hydroxylation is 2. The van der Waals surface area contributed by atoms with E-state index in [4.69, 9.17) is 19.2 Å². The van der Waals surface area contributed by atoms with Gasteiger partial charge in [-0.05, 0) is 66.8 Å². The molecule has 5 aromatic rings. The number of thiophene rings is 1. The number of pyridine rings is 1. The molecule has 2 aromatic heterocycles. The molecule has 0 radical (unpaired) electrons. The van der Waals surface area contributed by atoms with Gasteiger partial charge in [0.2, 0.25) is 0 Å². The van der Waals surface area contributed by atoms with Crippen LogP contribution in [-0.4, -0.2) is 37.7 Å². The number of aromatic nitrogens is 1. The largest absolute Gasteiger partial charge is 0.497 e. The van der Waals surface area contributed by atoms with Crippen LogP contribution in [0.5, 0.6) is 11.5 Å². The summed E-state index contributed by atoms with van der Waals surface area (Å²) in [7, 11) is 3.00. The van der Waals surface area contributed by atoms with Crippen molar-refractivity contribution in [2.75, 3.05) is 26.1 Å². The number of amides is 1. The van der Waals surface area contributed by atoms with Gasteiger partial charge in [-0.3, -0.25) is 4.79 Å². The van der Waals surface area contributed by atoms with E-state index in [0.29, 0.717) is 33.9 Å². The van der Waals surface area contributed by atoms with Crippen LogP contribution < -0.4 is 14.8 Å². The normalized spacial score (nSPS) is 11.9. The maximum absolute atomic E-state index is 14.0. The van der Waals surface area contributed by atoms with Crippen molar-refractivity contribution in [1.29, 1.82) is 0 Å². The predicted octanol–water partition coefficient (Wildman–Crippen LogP) is 7.96. The Hall–Kier alpha value is -4.69. The molecule has 0 atom stereocenters. The number of esters is 1. The van der Waals surface area contributed by atoms with Gasteiger partial charge in [-0.2, -0.15) is 0 Å². The average Bonchev–Trinajstić information content (AvgIpc) is 3.42. The number of ether oxygens (including phenoxy) is 3. The van der Waals surface area contributed by atoms with Crippen LogP contribution in [-0.2, 0) is 17.6 Å². The highest BCUT2D eigenvalue weighted by molar-refractivity contribution is 7.17. The summed E-state index contributed by atoms with van der Waals surface area (Å²) in [5.41, 5.74) is 5.91. The van der Waals surface area contributed by atoms with Crippen LogP contribution in [0.2, 0.25) is 0 Å². The zero-order chi connectivity index (χ0) is 29.9. The molecule has 218 valence electrons. The Bertz CT molecular complexity index is 1840. The summed E-state index contributed by atoms with van der Waals surface area (Å²) in [5.74, 6) is 0.714. The van der Waals surface area contributed by atoms with Gasteiger partial charge in [-0.1, -0.05) is 49.7 Å². The van der Waals surface area contributed by atoms with E-state index in [1.165, 1.54) is 18.4 Å². The first kappa shape index (κ1) is 28.4. The number of rotatable bonds is 9. The van der Waals surface area contributed by atoms with Gasteiger partial charge in [0.1, 0.15) is 22.1 Å². The summed E-state index contributed by atoms with van der Waals surface area (Å²) in [6.45, 7) is 2.77. The number of hydrogen-bond donors (Lipinski definition) is 1. The molecule has 2 heterocycles. The number of nitrogens with zero attached hydrogens (tertiary/aromatic N) is 1. The molecule has 1 aliphatic carbocycles. The van der Waals surface area contributed by atoms with E-state index in [9.17, 15) is 9.59 Å². The van der Waals surface area contributed by atoms with E-state index in [1.807, 2.05) is 66.7 Å². The lowest BCUT2D eigenvalue weighted by Gasteiger charge is -2.18. The Morgan fingerprint density at radius 2 is 1.81 bits per heavy atom. The topological polar surface area (TPSA) is 86.8 Å². The Labute approximate surface area is 254 Å². The smallest absolute Gasteiger partial charge is 0.341 e. The Balaban J connectivity index is 1.40. The van der Waals surface area contributed by atoms with Gasteiger partial charge in [-0.25, -0.2) is 9.78 Å². The predicted molar refractivity (Wildman–Crippen MR) is 171 cm³/mol. The van der Waals surface area contributed by atoms with Crippen LogP contribution in [0.15, 0.2) is 72.8 Å². The van der Waals surface area contributed by atoms with E-state index in [0.717, 1.165) is 69.7 Å². The number of unbranched alkanes of at least 4 members (excludes halogenated alkanes) is 1. The zero-order valence-corrected chi connectivity index (χ0v) is 25.2. The van der Waals surface area contributed by atoms with Crippen LogP contribution in [0.4, 0.5) is 5.00 Å². The number of anilines is 1. The first-order valence-corrected chi connectivity index (χ1v) is 15.2. The number of fused-ring (bicyclic) bond motifs is 4. The number of carbonyl (C=O) groups is 2. The molecule has 7 nitrogen and oxygen atoms in total. The van der Waals surface area contributed by atoms with Gasteiger partial charge < -0.3 is 19.5 Å². The number of benzene rings is 3. The van der Waals surface area contributed by atoms with Crippen LogP contribution in [0.25, 0.3) is 33.3 Å². The van der Waals surface area contributed by atoms with Crippen molar-refractivity contribution in [3.63, 3.8) is 0 Å². The summed E-state index contributed by atoms with van der Waals surface area (Å²) in [6, 6.07) is 23.0. The summed E-state index contributed by atoms with van der Waals surface area (Å²) >= 11 is 1.42. The van der Waals surface area contributed by atoms with Gasteiger partial charge in [0, 0.05) is 21.4 Å². The molecule has 6 rings (SSSR count). The third-order valence-corrected chi connectivity index (χ3v) is 8.82. The fraction of sp³-hybridized carbons (Fsp3) is 0.229. The Morgan fingerprint density at radius 1 is 0.953 bits per heavy atom. The third-order valence-electron chi connectivity index (χ3n) is 7.66. The Morgan fingerprint density at radius 3 is 2.63 bits per heavy atom. The van der Waals surface area contributed by atoms with Crippen molar-refractivity contribution in [2.24, 2.45) is 0 Å². The van der Waals surface area contributed by atoms with Crippen molar-refractivity contribution in [3.8, 4) is 33.9 Å². The monoisotopic (exact) mass is 592 g/mol. The minimum absolute atomic E-state index is 0.325. The molecule has 0 fully saturated rings. The van der Waals surface area contributed by atoms with E-state index >= 15 is 0 Å². The standard InChI is InChI=1S/C35H32N2O5S/c1-4-5-17-42-24-10-8-9-22(19-24)29-20-27(26-11-6-7-12-28(26)36-29)33(38)37-34-32(35(39)41-3)31-25-15-14-23(40-2)18-21(25)13-16-30(31)43-34/h6-12,14-15,18-20H,4-5,13,16-17H2,1-3H3,(H,37,38). The molecule has 43 heavy (non-hydrogen) atoms. The SMILES string of the molecule is CCCCOc1cccc(-c2cc(C(=O)Nc3sc4c(c3C(=O)OC)-c3ccc(OC)cc3CC4)c3ccccc3n2)c1. The summed E-state index contributed by atoms with van der Waals surface area (Å²) in [4.78, 5) is 33.1. The molecule has 0 bridgehead atoms. The van der Waals surface area contributed by atoms with Gasteiger partial charge >= 0.3 is 5.97 Å². The zero-order valence-electron chi connectivity index (χ0n) is 24.4. The minimum Gasteiger partial charge on any atom is -0.497 e. The first-order chi connectivity index (χ1) is 21.0. The van der Waals surface area contributed by atoms with Gasteiger partial charge in [0.05, 0.1) is 37.6 Å². The number of carbonyl (C=O) groups excluding carboxylic acids is 2. The average molecular weight is 593 g/mol. The summed E-state index contributed by atoms with van der Waals surface area (Å²) < 4.78 is 16.6. The maximum Gasteiger partial charge on any atom is 0.341 e. The molecule has 0 saturated heterocycles. The lowest BCUT2D eigenvalue weighted by atomic mass is 9.88. The van der Waals surface area contributed by atoms with Crippen LogP contribution in [0.1, 0.15) is 50.9 Å². The quantitative estimate of drug-likeness (QED) is 0.138. The maximum atomic E-state index is 14.0. The van der Waals surface area contributed by atoms with Crippen molar-refractivity contribution >= 4 is 39.1 Å². The first-order valence-electron chi connectivity index (χ1n) is 14.4. The lowest BCUT2D eigenvalue weighted by molar-refractivity contribution is 0.0603. The second-order valence-corrected chi connectivity index (χ2v) is 11.5. The highest BCUT2D eigenvalue weighted by Crippen LogP contribution is 2.46. The van der Waals surface area contributed by atoms with E-state index < -0.39 is 5.97 Å². The van der Waals surface area contributed by atoms with Crippen molar-refractivity contribution < 1.29 is 23.8 Å². The van der Waals surface area contributed by atoms with Gasteiger partial charge in [0.25, 0.3) is 5.91 Å². The number of nitrogens with one attached hydrogen (secondary N) is 1. The number of methoxy groups -OCH3 is 2. The second kappa shape index (κ2) is 12.3. The van der Waals surface area contributed by atoms with Crippen molar-refractivity contribution in [1.82, 2.24) is 4.98 Å². The molecule has 1 N–H and O–H groups in total. The molecule has 0 unspecified atom stereocenters. The fourth-order valence-corrected chi connectivity index (χ4v) is 6.68. The molecule has 1 amide bonds. The van der Waals surface area contributed by atoms with Gasteiger partial charge in [0.15, 0.2) is 0 Å². The van der Waals surface area contributed by atoms with Crippen LogP contribution >= 0.6 is 11.3 Å². The molecule has 1 aliphatic rings. The molecular formula is C35H32N2O5S. The Kier molecular flexibility index (Phi) is 8.11. The van der Waals surface area contributed by atoms with Crippen LogP contribution in [0, 0.1) is 0 Å². The summed E-state index contributed by atoms with van der Waals surface area (Å²) in [5, 5.41) is 4.26. The van der Waals surface area contributed by atoms with Crippen LogP contribution in [0.3, 0.4) is 0 Å². The molecular weight excluding hydrogens is 560 g/mol. The number of hydrogen-bond acceptors (Lipinski definition) is 7. The molecule has 8 heteroatoms. The molecule has 0 saturated carbocycles. The molecule has 0 aliphatic heterocycles. The third kappa shape index (κ3) is 5.58. The highest BCUT2D eigenvalue weighted by Gasteiger charge is 2.30. The molecule has 0 spiro atoms. The van der Waals surface area contributed by atoms with E-state index in [-0.39, 0.29) is 5.91 Å². The van der Waals surface area contributed by atoms with E-state index in [1.54, 1.807) is 13.2 Å². The fourth-order valence-electron chi connectivity index (χ4n) is 5.48. The number of para-hydroxylation sites is 1. The van der Waals surface area contributed by atoms with Crippen molar-refractivity contribution in [2.45, 2.75) is 32.6 Å². The molecule has 3 aromatic carbocycles. The van der Waals surface area contributed by atoms with E-state index in [2.05, 4.69) is 12.2 Å².